The van der Waals surface area contributed by atoms with Crippen LogP contribution >= 0.6 is 0 Å². The van der Waals surface area contributed by atoms with E-state index in [1.807, 2.05) is 12.1 Å². The number of aliphatic hydroxyl groups excluding tert-OH is 1. The second-order valence-electron chi connectivity index (χ2n) is 7.13. The highest BCUT2D eigenvalue weighted by Gasteiger charge is 2.19. The van der Waals surface area contributed by atoms with Crippen molar-refractivity contribution in [1.82, 2.24) is 10.2 Å². The largest absolute Gasteiger partial charge is 0.497 e. The number of fused-ring (bicyclic) bond motifs is 2. The molecular formula is C22H24N2O4. The average Bonchev–Trinajstić information content (AvgIpc) is 3.15. The molecule has 1 unspecified atom stereocenters. The molecule has 0 radical (unpaired) electrons. The van der Waals surface area contributed by atoms with Gasteiger partial charge < -0.3 is 19.6 Å². The third-order valence-electron chi connectivity index (χ3n) is 5.12. The molecule has 0 saturated carbocycles. The van der Waals surface area contributed by atoms with Crippen molar-refractivity contribution in [3.63, 3.8) is 0 Å². The smallest absolute Gasteiger partial charge is 0.287 e. The number of carbonyl (C=O) groups is 1. The number of furan rings is 1. The molecule has 0 aliphatic carbocycles. The van der Waals surface area contributed by atoms with E-state index in [1.54, 1.807) is 25.3 Å². The number of β-amino-alcohol motifs (C(OH)–C–C–N with tert-alkyl or cyclic N) is 1. The Bertz CT molecular complexity index is 982. The molecule has 146 valence electrons. The minimum Gasteiger partial charge on any atom is -0.497 e. The molecule has 4 rings (SSSR count). The average molecular weight is 380 g/mol. The van der Waals surface area contributed by atoms with Gasteiger partial charge in [-0.2, -0.15) is 0 Å². The maximum Gasteiger partial charge on any atom is 0.287 e. The summed E-state index contributed by atoms with van der Waals surface area (Å²) in [4.78, 5) is 14.6. The Hall–Kier alpha value is -2.83. The lowest BCUT2D eigenvalue weighted by Gasteiger charge is -2.30. The highest BCUT2D eigenvalue weighted by Crippen LogP contribution is 2.24. The van der Waals surface area contributed by atoms with Crippen molar-refractivity contribution in [2.24, 2.45) is 0 Å². The Morgan fingerprint density at radius 2 is 2.07 bits per heavy atom. The van der Waals surface area contributed by atoms with Gasteiger partial charge in [-0.3, -0.25) is 9.69 Å². The van der Waals surface area contributed by atoms with Crippen LogP contribution in [0.4, 0.5) is 0 Å². The second-order valence-corrected chi connectivity index (χ2v) is 7.13. The summed E-state index contributed by atoms with van der Waals surface area (Å²) in [6, 6.07) is 15.5. The monoisotopic (exact) mass is 380 g/mol. The minimum absolute atomic E-state index is 0.178. The molecule has 1 aromatic heterocycles. The van der Waals surface area contributed by atoms with Gasteiger partial charge in [-0.1, -0.05) is 24.3 Å². The molecule has 1 atom stereocenters. The number of rotatable bonds is 6. The molecular weight excluding hydrogens is 356 g/mol. The van der Waals surface area contributed by atoms with Gasteiger partial charge in [0.2, 0.25) is 0 Å². The summed E-state index contributed by atoms with van der Waals surface area (Å²) < 4.78 is 10.8. The quantitative estimate of drug-likeness (QED) is 0.688. The Morgan fingerprint density at radius 1 is 1.25 bits per heavy atom. The molecule has 1 aliphatic heterocycles. The Balaban J connectivity index is 1.31. The normalized spacial score (nSPS) is 15.2. The number of carbonyl (C=O) groups excluding carboxylic acids is 1. The van der Waals surface area contributed by atoms with E-state index in [9.17, 15) is 9.90 Å². The van der Waals surface area contributed by atoms with E-state index in [0.717, 1.165) is 24.9 Å². The fraction of sp³-hybridized carbons (Fsp3) is 0.318. The van der Waals surface area contributed by atoms with Gasteiger partial charge in [-0.25, -0.2) is 0 Å². The molecule has 0 bridgehead atoms. The lowest BCUT2D eigenvalue weighted by Crippen LogP contribution is -2.41. The SMILES string of the molecule is COc1ccc2oc(C(=O)NCC(O)CN3CCc4ccccc4C3)cc2c1. The van der Waals surface area contributed by atoms with E-state index in [2.05, 4.69) is 28.4 Å². The van der Waals surface area contributed by atoms with Gasteiger partial charge in [-0.15, -0.1) is 0 Å². The van der Waals surface area contributed by atoms with Crippen LogP contribution in [0, 0.1) is 0 Å². The molecule has 2 N–H and O–H groups in total. The standard InChI is InChI=1S/C22H24N2O4/c1-27-19-6-7-20-17(10-19)11-21(28-20)22(26)23-12-18(25)14-24-9-8-15-4-2-3-5-16(15)13-24/h2-7,10-11,18,25H,8-9,12-14H2,1H3,(H,23,26). The summed E-state index contributed by atoms with van der Waals surface area (Å²) in [7, 11) is 1.59. The van der Waals surface area contributed by atoms with Gasteiger partial charge in [0.1, 0.15) is 11.3 Å². The summed E-state index contributed by atoms with van der Waals surface area (Å²) >= 11 is 0. The lowest BCUT2D eigenvalue weighted by molar-refractivity contribution is 0.0822. The van der Waals surface area contributed by atoms with Gasteiger partial charge in [0.25, 0.3) is 5.91 Å². The predicted molar refractivity (Wildman–Crippen MR) is 107 cm³/mol. The second kappa shape index (κ2) is 8.04. The van der Waals surface area contributed by atoms with Crippen LogP contribution in [0.25, 0.3) is 11.0 Å². The van der Waals surface area contributed by atoms with Crippen LogP contribution in [-0.2, 0) is 13.0 Å². The Morgan fingerprint density at radius 3 is 2.89 bits per heavy atom. The van der Waals surface area contributed by atoms with Crippen molar-refractivity contribution in [3.8, 4) is 5.75 Å². The van der Waals surface area contributed by atoms with E-state index >= 15 is 0 Å². The number of ether oxygens (including phenoxy) is 1. The van der Waals surface area contributed by atoms with E-state index in [-0.39, 0.29) is 18.2 Å². The molecule has 0 fully saturated rings. The summed E-state index contributed by atoms with van der Waals surface area (Å²) in [5.41, 5.74) is 3.31. The van der Waals surface area contributed by atoms with Crippen LogP contribution in [0.5, 0.6) is 5.75 Å². The number of hydrogen-bond acceptors (Lipinski definition) is 5. The van der Waals surface area contributed by atoms with Crippen LogP contribution in [0.2, 0.25) is 0 Å². The number of nitrogens with zero attached hydrogens (tertiary/aromatic N) is 1. The van der Waals surface area contributed by atoms with Crippen LogP contribution in [0.15, 0.2) is 52.9 Å². The first-order valence-corrected chi connectivity index (χ1v) is 9.45. The molecule has 0 spiro atoms. The van der Waals surface area contributed by atoms with E-state index in [1.165, 1.54) is 11.1 Å². The van der Waals surface area contributed by atoms with Gasteiger partial charge in [0.15, 0.2) is 5.76 Å². The lowest BCUT2D eigenvalue weighted by atomic mass is 10.00. The first kappa shape index (κ1) is 18.5. The zero-order valence-electron chi connectivity index (χ0n) is 15.9. The zero-order chi connectivity index (χ0) is 19.5. The van der Waals surface area contributed by atoms with Crippen molar-refractivity contribution in [3.05, 3.63) is 65.4 Å². The topological polar surface area (TPSA) is 74.9 Å². The van der Waals surface area contributed by atoms with Gasteiger partial charge in [-0.05, 0) is 41.8 Å². The van der Waals surface area contributed by atoms with Crippen LogP contribution < -0.4 is 10.1 Å². The van der Waals surface area contributed by atoms with Crippen molar-refractivity contribution in [1.29, 1.82) is 0 Å². The third-order valence-corrected chi connectivity index (χ3v) is 5.12. The summed E-state index contributed by atoms with van der Waals surface area (Å²) in [6.45, 7) is 2.43. The third kappa shape index (κ3) is 4.03. The number of benzene rings is 2. The summed E-state index contributed by atoms with van der Waals surface area (Å²) in [5, 5.41) is 13.9. The number of aliphatic hydroxyl groups is 1. The highest BCUT2D eigenvalue weighted by atomic mass is 16.5. The number of methoxy groups -OCH3 is 1. The molecule has 6 nitrogen and oxygen atoms in total. The molecule has 3 aromatic rings. The summed E-state index contributed by atoms with van der Waals surface area (Å²) in [5.74, 6) is 0.597. The molecule has 1 amide bonds. The zero-order valence-corrected chi connectivity index (χ0v) is 15.9. The molecule has 6 heteroatoms. The first-order valence-electron chi connectivity index (χ1n) is 9.45. The molecule has 0 saturated heterocycles. The molecule has 2 heterocycles. The predicted octanol–water partition coefficient (Wildman–Crippen LogP) is 2.59. The maximum absolute atomic E-state index is 12.4. The van der Waals surface area contributed by atoms with Crippen molar-refractivity contribution >= 4 is 16.9 Å². The molecule has 1 aliphatic rings. The first-order chi connectivity index (χ1) is 13.6. The maximum atomic E-state index is 12.4. The summed E-state index contributed by atoms with van der Waals surface area (Å²) in [6.07, 6.45) is 0.344. The van der Waals surface area contributed by atoms with E-state index in [4.69, 9.17) is 9.15 Å². The molecule has 2 aromatic carbocycles. The van der Waals surface area contributed by atoms with E-state index in [0.29, 0.717) is 17.9 Å². The van der Waals surface area contributed by atoms with Gasteiger partial charge >= 0.3 is 0 Å². The number of hydrogen-bond donors (Lipinski definition) is 2. The number of amides is 1. The minimum atomic E-state index is -0.640. The van der Waals surface area contributed by atoms with Crippen molar-refractivity contribution < 1.29 is 19.1 Å². The van der Waals surface area contributed by atoms with Gasteiger partial charge in [0.05, 0.1) is 13.2 Å². The number of nitrogens with one attached hydrogen (secondary N) is 1. The van der Waals surface area contributed by atoms with Crippen molar-refractivity contribution in [2.45, 2.75) is 19.1 Å². The van der Waals surface area contributed by atoms with Crippen molar-refractivity contribution in [2.75, 3.05) is 26.7 Å². The van der Waals surface area contributed by atoms with Crippen LogP contribution in [0.3, 0.4) is 0 Å². The fourth-order valence-corrected chi connectivity index (χ4v) is 3.63. The van der Waals surface area contributed by atoms with Crippen LogP contribution in [0.1, 0.15) is 21.7 Å². The van der Waals surface area contributed by atoms with Crippen LogP contribution in [-0.4, -0.2) is 48.8 Å². The van der Waals surface area contributed by atoms with E-state index < -0.39 is 6.10 Å². The Labute approximate surface area is 163 Å². The fourth-order valence-electron chi connectivity index (χ4n) is 3.63. The van der Waals surface area contributed by atoms with Gasteiger partial charge in [0, 0.05) is 31.6 Å². The molecule has 28 heavy (non-hydrogen) atoms. The Kier molecular flexibility index (Phi) is 5.32. The highest BCUT2D eigenvalue weighted by molar-refractivity contribution is 5.96.